The topological polar surface area (TPSA) is 50.7 Å². The van der Waals surface area contributed by atoms with Gasteiger partial charge in [0.2, 0.25) is 0 Å². The van der Waals surface area contributed by atoms with Crippen LogP contribution in [-0.2, 0) is 9.47 Å². The summed E-state index contributed by atoms with van der Waals surface area (Å²) < 4.78 is 10.1. The van der Waals surface area contributed by atoms with Crippen molar-refractivity contribution in [2.45, 2.75) is 12.2 Å². The average Bonchev–Trinajstić information content (AvgIpc) is 2.37. The van der Waals surface area contributed by atoms with Gasteiger partial charge in [0, 0.05) is 20.2 Å². The van der Waals surface area contributed by atoms with E-state index in [2.05, 4.69) is 5.32 Å². The molecule has 1 aliphatic rings. The number of rotatable bonds is 4. The summed E-state index contributed by atoms with van der Waals surface area (Å²) in [7, 11) is 1.63. The second-order valence-electron chi connectivity index (χ2n) is 2.63. The van der Waals surface area contributed by atoms with Crippen molar-refractivity contribution in [2.24, 2.45) is 0 Å². The Morgan fingerprint density at radius 1 is 1.45 bits per heavy atom. The lowest BCUT2D eigenvalue weighted by Gasteiger charge is -2.13. The summed E-state index contributed by atoms with van der Waals surface area (Å²) in [6.45, 7) is 2.52. The van der Waals surface area contributed by atoms with E-state index in [9.17, 15) is 5.11 Å². The fourth-order valence-electron chi connectivity index (χ4n) is 1.09. The molecule has 0 unspecified atom stereocenters. The monoisotopic (exact) mass is 161 g/mol. The van der Waals surface area contributed by atoms with Gasteiger partial charge in [-0.3, -0.25) is 0 Å². The van der Waals surface area contributed by atoms with Crippen molar-refractivity contribution >= 4 is 0 Å². The summed E-state index contributed by atoms with van der Waals surface area (Å²) >= 11 is 0. The Morgan fingerprint density at radius 3 is 2.82 bits per heavy atom. The van der Waals surface area contributed by atoms with Gasteiger partial charge in [-0.05, 0) is 0 Å². The van der Waals surface area contributed by atoms with Crippen LogP contribution in [-0.4, -0.2) is 50.7 Å². The molecule has 1 fully saturated rings. The minimum absolute atomic E-state index is 0.0508. The zero-order chi connectivity index (χ0) is 8.10. The molecule has 0 aromatic carbocycles. The van der Waals surface area contributed by atoms with Gasteiger partial charge in [0.1, 0.15) is 0 Å². The van der Waals surface area contributed by atoms with Gasteiger partial charge in [-0.15, -0.1) is 0 Å². The minimum atomic E-state index is -0.355. The summed E-state index contributed by atoms with van der Waals surface area (Å²) in [5.41, 5.74) is 0. The van der Waals surface area contributed by atoms with Gasteiger partial charge in [-0.25, -0.2) is 0 Å². The van der Waals surface area contributed by atoms with Crippen molar-refractivity contribution in [3.8, 4) is 0 Å². The van der Waals surface area contributed by atoms with E-state index >= 15 is 0 Å². The van der Waals surface area contributed by atoms with E-state index in [1.54, 1.807) is 7.11 Å². The zero-order valence-corrected chi connectivity index (χ0v) is 6.75. The molecule has 0 aliphatic carbocycles. The van der Waals surface area contributed by atoms with Crippen molar-refractivity contribution in [1.82, 2.24) is 5.32 Å². The molecule has 0 radical (unpaired) electrons. The second-order valence-corrected chi connectivity index (χ2v) is 2.63. The number of aliphatic hydroxyl groups excluding tert-OH is 1. The number of β-amino-alcohol motifs (C(OH)–C–C–N with tert-alkyl or cyclic N) is 1. The maximum atomic E-state index is 9.26. The molecule has 0 bridgehead atoms. The molecule has 2 atom stereocenters. The summed E-state index contributed by atoms with van der Waals surface area (Å²) in [5, 5.41) is 12.3. The Kier molecular flexibility index (Phi) is 3.79. The molecule has 0 aromatic heterocycles. The quantitative estimate of drug-likeness (QED) is 0.518. The highest BCUT2D eigenvalue weighted by atomic mass is 16.5. The fraction of sp³-hybridized carbons (Fsp3) is 1.00. The highest BCUT2D eigenvalue weighted by molar-refractivity contribution is 4.80. The van der Waals surface area contributed by atoms with Crippen LogP contribution in [0.4, 0.5) is 0 Å². The van der Waals surface area contributed by atoms with Gasteiger partial charge in [0.15, 0.2) is 0 Å². The number of ether oxygens (including phenoxy) is 2. The Labute approximate surface area is 66.5 Å². The molecule has 1 heterocycles. The molecule has 0 aromatic rings. The summed E-state index contributed by atoms with van der Waals surface area (Å²) in [4.78, 5) is 0. The average molecular weight is 161 g/mol. The van der Waals surface area contributed by atoms with E-state index in [-0.39, 0.29) is 12.2 Å². The molecule has 0 amide bonds. The van der Waals surface area contributed by atoms with Crippen molar-refractivity contribution in [1.29, 1.82) is 0 Å². The second kappa shape index (κ2) is 4.66. The summed E-state index contributed by atoms with van der Waals surface area (Å²) in [6, 6.07) is 0. The number of methoxy groups -OCH3 is 1. The van der Waals surface area contributed by atoms with Gasteiger partial charge in [-0.2, -0.15) is 0 Å². The third kappa shape index (κ3) is 2.75. The van der Waals surface area contributed by atoms with Gasteiger partial charge in [0.25, 0.3) is 0 Å². The number of hydrogen-bond acceptors (Lipinski definition) is 4. The van der Waals surface area contributed by atoms with E-state index in [0.29, 0.717) is 19.8 Å². The first-order valence-corrected chi connectivity index (χ1v) is 3.84. The highest BCUT2D eigenvalue weighted by Gasteiger charge is 2.24. The van der Waals surface area contributed by atoms with E-state index in [0.717, 1.165) is 6.54 Å². The smallest absolute Gasteiger partial charge is 0.0971 e. The van der Waals surface area contributed by atoms with Crippen LogP contribution < -0.4 is 5.32 Å². The minimum Gasteiger partial charge on any atom is -0.389 e. The van der Waals surface area contributed by atoms with E-state index in [4.69, 9.17) is 9.47 Å². The van der Waals surface area contributed by atoms with Crippen LogP contribution >= 0.6 is 0 Å². The first-order valence-electron chi connectivity index (χ1n) is 3.84. The molecule has 2 N–H and O–H groups in total. The van der Waals surface area contributed by atoms with Gasteiger partial charge >= 0.3 is 0 Å². The van der Waals surface area contributed by atoms with Gasteiger partial charge in [-0.1, -0.05) is 0 Å². The van der Waals surface area contributed by atoms with Crippen LogP contribution in [0.1, 0.15) is 0 Å². The number of aliphatic hydroxyl groups is 1. The first kappa shape index (κ1) is 8.93. The summed E-state index contributed by atoms with van der Waals surface area (Å²) in [5.74, 6) is 0. The van der Waals surface area contributed by atoms with Crippen LogP contribution in [0.2, 0.25) is 0 Å². The van der Waals surface area contributed by atoms with Crippen LogP contribution in [0.5, 0.6) is 0 Å². The molecule has 1 rings (SSSR count). The van der Waals surface area contributed by atoms with Crippen molar-refractivity contribution in [3.63, 3.8) is 0 Å². The van der Waals surface area contributed by atoms with Crippen molar-refractivity contribution in [2.75, 3.05) is 33.4 Å². The Balaban J connectivity index is 2.05. The van der Waals surface area contributed by atoms with Crippen LogP contribution in [0, 0.1) is 0 Å². The van der Waals surface area contributed by atoms with Gasteiger partial charge < -0.3 is 19.9 Å². The molecular weight excluding hydrogens is 146 g/mol. The molecule has 4 nitrogen and oxygen atoms in total. The first-order chi connectivity index (χ1) is 5.34. The predicted molar refractivity (Wildman–Crippen MR) is 40.5 cm³/mol. The predicted octanol–water partition coefficient (Wildman–Crippen LogP) is -1.02. The third-order valence-corrected chi connectivity index (χ3v) is 1.75. The Hall–Kier alpha value is -0.160. The Morgan fingerprint density at radius 2 is 2.27 bits per heavy atom. The molecule has 1 aliphatic heterocycles. The van der Waals surface area contributed by atoms with E-state index < -0.39 is 0 Å². The van der Waals surface area contributed by atoms with Gasteiger partial charge in [0.05, 0.1) is 25.4 Å². The van der Waals surface area contributed by atoms with Crippen LogP contribution in [0.3, 0.4) is 0 Å². The Bertz CT molecular complexity index is 110. The fourth-order valence-corrected chi connectivity index (χ4v) is 1.09. The maximum Gasteiger partial charge on any atom is 0.0971 e. The molecule has 4 heteroatoms. The molecule has 66 valence electrons. The lowest BCUT2D eigenvalue weighted by atomic mass is 10.3. The van der Waals surface area contributed by atoms with Crippen LogP contribution in [0.25, 0.3) is 0 Å². The SMILES string of the molecule is COCCO[C@H]1CNC[C@@H]1O. The van der Waals surface area contributed by atoms with Crippen molar-refractivity contribution < 1.29 is 14.6 Å². The molecule has 11 heavy (non-hydrogen) atoms. The largest absolute Gasteiger partial charge is 0.389 e. The molecule has 0 spiro atoms. The lowest BCUT2D eigenvalue weighted by Crippen LogP contribution is -2.28. The third-order valence-electron chi connectivity index (χ3n) is 1.75. The lowest BCUT2D eigenvalue weighted by molar-refractivity contribution is -0.0263. The number of nitrogens with one attached hydrogen (secondary N) is 1. The maximum absolute atomic E-state index is 9.26. The standard InChI is InChI=1S/C7H15NO3/c1-10-2-3-11-7-5-8-4-6(7)9/h6-9H,2-5H2,1H3/t6-,7-/m0/s1. The zero-order valence-electron chi connectivity index (χ0n) is 6.75. The van der Waals surface area contributed by atoms with Crippen molar-refractivity contribution in [3.05, 3.63) is 0 Å². The summed E-state index contributed by atoms with van der Waals surface area (Å²) in [6.07, 6.45) is -0.406. The molecule has 1 saturated heterocycles. The highest BCUT2D eigenvalue weighted by Crippen LogP contribution is 2.03. The molecule has 0 saturated carbocycles. The van der Waals surface area contributed by atoms with E-state index in [1.165, 1.54) is 0 Å². The van der Waals surface area contributed by atoms with E-state index in [1.807, 2.05) is 0 Å². The normalized spacial score (nSPS) is 31.1. The molecular formula is C7H15NO3. The van der Waals surface area contributed by atoms with Crippen LogP contribution in [0.15, 0.2) is 0 Å². The number of hydrogen-bond donors (Lipinski definition) is 2.